The van der Waals surface area contributed by atoms with Crippen LogP contribution in [0.1, 0.15) is 38.5 Å². The Morgan fingerprint density at radius 3 is 2.78 bits per heavy atom. The van der Waals surface area contributed by atoms with Gasteiger partial charge in [-0.15, -0.1) is 0 Å². The molecule has 0 aromatic heterocycles. The van der Waals surface area contributed by atoms with Crippen LogP contribution < -0.4 is 5.32 Å². The predicted molar refractivity (Wildman–Crippen MR) is 71.6 cm³/mol. The van der Waals surface area contributed by atoms with Gasteiger partial charge in [0, 0.05) is 13.1 Å². The maximum absolute atomic E-state index is 11.2. The summed E-state index contributed by atoms with van der Waals surface area (Å²) in [6, 6.07) is 0. The molecule has 0 amide bonds. The van der Waals surface area contributed by atoms with E-state index in [0.717, 1.165) is 31.7 Å². The minimum Gasteiger partial charge on any atom is -0.481 e. The van der Waals surface area contributed by atoms with Crippen molar-refractivity contribution in [2.24, 2.45) is 11.3 Å². The van der Waals surface area contributed by atoms with Crippen molar-refractivity contribution in [1.82, 2.24) is 10.2 Å². The maximum Gasteiger partial charge on any atom is 0.310 e. The van der Waals surface area contributed by atoms with Crippen LogP contribution in [-0.4, -0.2) is 49.2 Å². The number of nitrogens with one attached hydrogen (secondary N) is 1. The molecule has 1 saturated carbocycles. The van der Waals surface area contributed by atoms with Gasteiger partial charge in [0.15, 0.2) is 0 Å². The molecule has 4 heteroatoms. The van der Waals surface area contributed by atoms with Gasteiger partial charge in [0.2, 0.25) is 0 Å². The largest absolute Gasteiger partial charge is 0.481 e. The zero-order valence-corrected chi connectivity index (χ0v) is 11.5. The van der Waals surface area contributed by atoms with E-state index in [0.29, 0.717) is 6.54 Å². The third-order valence-electron chi connectivity index (χ3n) is 4.68. The molecule has 18 heavy (non-hydrogen) atoms. The highest BCUT2D eigenvalue weighted by Gasteiger charge is 2.43. The molecular weight excluding hydrogens is 228 g/mol. The summed E-state index contributed by atoms with van der Waals surface area (Å²) < 4.78 is 0. The summed E-state index contributed by atoms with van der Waals surface area (Å²) in [6.45, 7) is 4.05. The molecule has 2 rings (SSSR count). The Bertz CT molecular complexity index is 290. The molecule has 1 unspecified atom stereocenters. The summed E-state index contributed by atoms with van der Waals surface area (Å²) in [5.74, 6) is 0.178. The van der Waals surface area contributed by atoms with Crippen molar-refractivity contribution in [1.29, 1.82) is 0 Å². The summed E-state index contributed by atoms with van der Waals surface area (Å²) in [5.41, 5.74) is -0.441. The van der Waals surface area contributed by atoms with E-state index in [1.807, 2.05) is 0 Å². The van der Waals surface area contributed by atoms with Gasteiger partial charge in [-0.1, -0.05) is 6.42 Å². The topological polar surface area (TPSA) is 52.6 Å². The number of piperidine rings is 1. The van der Waals surface area contributed by atoms with Crippen molar-refractivity contribution in [2.75, 3.05) is 33.2 Å². The SMILES string of the molecule is CN1CCCC(CCNCC2(C(=O)O)CCC2)C1. The van der Waals surface area contributed by atoms with Crippen molar-refractivity contribution < 1.29 is 9.90 Å². The van der Waals surface area contributed by atoms with Crippen LogP contribution >= 0.6 is 0 Å². The molecule has 1 saturated heterocycles. The van der Waals surface area contributed by atoms with E-state index in [9.17, 15) is 9.90 Å². The van der Waals surface area contributed by atoms with Gasteiger partial charge in [-0.05, 0) is 58.2 Å². The Balaban J connectivity index is 1.62. The van der Waals surface area contributed by atoms with Crippen LogP contribution in [0, 0.1) is 11.3 Å². The fraction of sp³-hybridized carbons (Fsp3) is 0.929. The quantitative estimate of drug-likeness (QED) is 0.706. The van der Waals surface area contributed by atoms with Crippen LogP contribution in [0.15, 0.2) is 0 Å². The summed E-state index contributed by atoms with van der Waals surface area (Å²) in [6.07, 6.45) is 6.58. The molecule has 0 bridgehead atoms. The monoisotopic (exact) mass is 254 g/mol. The van der Waals surface area contributed by atoms with Gasteiger partial charge in [-0.2, -0.15) is 0 Å². The molecule has 1 atom stereocenters. The molecule has 2 N–H and O–H groups in total. The smallest absolute Gasteiger partial charge is 0.310 e. The minimum atomic E-state index is -0.612. The highest BCUT2D eigenvalue weighted by Crippen LogP contribution is 2.40. The van der Waals surface area contributed by atoms with E-state index < -0.39 is 11.4 Å². The fourth-order valence-electron chi connectivity index (χ4n) is 3.21. The van der Waals surface area contributed by atoms with Gasteiger partial charge < -0.3 is 15.3 Å². The predicted octanol–water partition coefficient (Wildman–Crippen LogP) is 1.56. The molecule has 1 aliphatic heterocycles. The number of carboxylic acid groups (broad SMARTS) is 1. The summed E-state index contributed by atoms with van der Waals surface area (Å²) in [5, 5.41) is 12.6. The first kappa shape index (κ1) is 13.8. The lowest BCUT2D eigenvalue weighted by Crippen LogP contribution is -2.46. The number of hydrogen-bond donors (Lipinski definition) is 2. The van der Waals surface area contributed by atoms with Gasteiger partial charge in [-0.25, -0.2) is 0 Å². The molecule has 2 fully saturated rings. The first-order valence-corrected chi connectivity index (χ1v) is 7.25. The van der Waals surface area contributed by atoms with Crippen LogP contribution in [-0.2, 0) is 4.79 Å². The van der Waals surface area contributed by atoms with Crippen molar-refractivity contribution in [3.05, 3.63) is 0 Å². The third kappa shape index (κ3) is 3.23. The summed E-state index contributed by atoms with van der Waals surface area (Å²) >= 11 is 0. The van der Waals surface area contributed by atoms with Gasteiger partial charge in [-0.3, -0.25) is 4.79 Å². The third-order valence-corrected chi connectivity index (χ3v) is 4.68. The number of carbonyl (C=O) groups is 1. The lowest BCUT2D eigenvalue weighted by atomic mass is 9.69. The molecule has 104 valence electrons. The molecule has 0 aromatic carbocycles. The van der Waals surface area contributed by atoms with Crippen LogP contribution in [0.2, 0.25) is 0 Å². The fourth-order valence-corrected chi connectivity index (χ4v) is 3.21. The maximum atomic E-state index is 11.2. The van der Waals surface area contributed by atoms with Gasteiger partial charge in [0.1, 0.15) is 0 Å². The molecule has 0 radical (unpaired) electrons. The van der Waals surface area contributed by atoms with Crippen molar-refractivity contribution in [2.45, 2.75) is 38.5 Å². The lowest BCUT2D eigenvalue weighted by molar-refractivity contribution is -0.154. The first-order chi connectivity index (χ1) is 8.62. The standard InChI is InChI=1S/C14H26N2O2/c1-16-9-2-4-12(10-16)5-8-15-11-14(13(17)18)6-3-7-14/h12,15H,2-11H2,1H3,(H,17,18). The average Bonchev–Trinajstić information content (AvgIpc) is 2.26. The van der Waals surface area contributed by atoms with Gasteiger partial charge in [0.25, 0.3) is 0 Å². The van der Waals surface area contributed by atoms with Crippen LogP contribution in [0.25, 0.3) is 0 Å². The van der Waals surface area contributed by atoms with E-state index in [2.05, 4.69) is 17.3 Å². The van der Waals surface area contributed by atoms with E-state index in [1.165, 1.54) is 32.4 Å². The number of nitrogens with zero attached hydrogens (tertiary/aromatic N) is 1. The second-order valence-electron chi connectivity index (χ2n) is 6.17. The van der Waals surface area contributed by atoms with Gasteiger partial charge >= 0.3 is 5.97 Å². The Hall–Kier alpha value is -0.610. The first-order valence-electron chi connectivity index (χ1n) is 7.25. The van der Waals surface area contributed by atoms with E-state index in [1.54, 1.807) is 0 Å². The normalized spacial score (nSPS) is 27.7. The number of likely N-dealkylation sites (tertiary alicyclic amines) is 1. The number of rotatable bonds is 6. The number of aliphatic carboxylic acids is 1. The number of hydrogen-bond acceptors (Lipinski definition) is 3. The van der Waals surface area contributed by atoms with Gasteiger partial charge in [0.05, 0.1) is 5.41 Å². The second-order valence-corrected chi connectivity index (χ2v) is 6.17. The Kier molecular flexibility index (Phi) is 4.62. The molecule has 1 aliphatic carbocycles. The van der Waals surface area contributed by atoms with E-state index in [4.69, 9.17) is 0 Å². The molecule has 0 aromatic rings. The molecular formula is C14H26N2O2. The number of carboxylic acids is 1. The molecule has 2 aliphatic rings. The van der Waals surface area contributed by atoms with Crippen LogP contribution in [0.3, 0.4) is 0 Å². The molecule has 4 nitrogen and oxygen atoms in total. The highest BCUT2D eigenvalue weighted by molar-refractivity contribution is 5.76. The average molecular weight is 254 g/mol. The van der Waals surface area contributed by atoms with Crippen molar-refractivity contribution in [3.63, 3.8) is 0 Å². The summed E-state index contributed by atoms with van der Waals surface area (Å²) in [7, 11) is 2.19. The zero-order chi connectivity index (χ0) is 13.0. The molecule has 1 heterocycles. The van der Waals surface area contributed by atoms with Crippen LogP contribution in [0.5, 0.6) is 0 Å². The summed E-state index contributed by atoms with van der Waals surface area (Å²) in [4.78, 5) is 13.6. The Labute approximate surface area is 110 Å². The van der Waals surface area contributed by atoms with Crippen molar-refractivity contribution in [3.8, 4) is 0 Å². The Morgan fingerprint density at radius 2 is 2.22 bits per heavy atom. The second kappa shape index (κ2) is 6.02. The zero-order valence-electron chi connectivity index (χ0n) is 11.5. The van der Waals surface area contributed by atoms with E-state index >= 15 is 0 Å². The molecule has 0 spiro atoms. The highest BCUT2D eigenvalue weighted by atomic mass is 16.4. The van der Waals surface area contributed by atoms with Crippen LogP contribution in [0.4, 0.5) is 0 Å². The lowest BCUT2D eigenvalue weighted by Gasteiger charge is -2.38. The van der Waals surface area contributed by atoms with Crippen molar-refractivity contribution >= 4 is 5.97 Å². The Morgan fingerprint density at radius 1 is 1.44 bits per heavy atom. The van der Waals surface area contributed by atoms with E-state index in [-0.39, 0.29) is 0 Å². The minimum absolute atomic E-state index is 0.441.